The molecule has 0 unspecified atom stereocenters. The number of nitrogens with one attached hydrogen (secondary N) is 2. The number of amides is 2. The van der Waals surface area contributed by atoms with Crippen molar-refractivity contribution in [1.29, 1.82) is 0 Å². The second kappa shape index (κ2) is 7.08. The van der Waals surface area contributed by atoms with Crippen LogP contribution in [0.3, 0.4) is 0 Å². The van der Waals surface area contributed by atoms with Crippen LogP contribution in [0.1, 0.15) is 26.3 Å². The van der Waals surface area contributed by atoms with E-state index in [1.54, 1.807) is 32.9 Å². The molecule has 1 heterocycles. The summed E-state index contributed by atoms with van der Waals surface area (Å²) in [5.41, 5.74) is 0.277. The fourth-order valence-electron chi connectivity index (χ4n) is 1.96. The molecule has 0 fully saturated rings. The minimum Gasteiger partial charge on any atom is -0.486 e. The maximum atomic E-state index is 11.8. The predicted octanol–water partition coefficient (Wildman–Crippen LogP) is 1.89. The highest BCUT2D eigenvalue weighted by atomic mass is 35.5. The summed E-state index contributed by atoms with van der Waals surface area (Å²) in [5, 5.41) is 5.78. The molecule has 0 atom stereocenters. The monoisotopic (exact) mass is 340 g/mol. The molecular formula is C16H21ClN2O4. The summed E-state index contributed by atoms with van der Waals surface area (Å²) in [6.45, 7) is 6.54. The van der Waals surface area contributed by atoms with Gasteiger partial charge in [0.15, 0.2) is 11.5 Å². The van der Waals surface area contributed by atoms with Gasteiger partial charge in [0.2, 0.25) is 11.8 Å². The van der Waals surface area contributed by atoms with Crippen LogP contribution in [0, 0.1) is 5.41 Å². The van der Waals surface area contributed by atoms with Gasteiger partial charge >= 0.3 is 0 Å². The zero-order chi connectivity index (χ0) is 17.0. The molecule has 6 nitrogen and oxygen atoms in total. The standard InChI is InChI=1S/C16H21ClN2O4/c1-16(2,3)15(21)19-9-13(20)18-8-10-6-11(17)14-12(7-10)22-4-5-23-14/h6-7H,4-5,8-9H2,1-3H3,(H,18,20)(H,19,21). The molecule has 2 amide bonds. The topological polar surface area (TPSA) is 76.7 Å². The zero-order valence-electron chi connectivity index (χ0n) is 13.5. The number of rotatable bonds is 4. The molecule has 7 heteroatoms. The number of carbonyl (C=O) groups excluding carboxylic acids is 2. The molecule has 1 aliphatic heterocycles. The Morgan fingerprint density at radius 2 is 1.87 bits per heavy atom. The van der Waals surface area contributed by atoms with Crippen LogP contribution in [0.15, 0.2) is 12.1 Å². The second-order valence-corrected chi connectivity index (χ2v) is 6.72. The first-order valence-corrected chi connectivity index (χ1v) is 7.78. The molecule has 1 aliphatic rings. The number of ether oxygens (including phenoxy) is 2. The average Bonchev–Trinajstić information content (AvgIpc) is 2.49. The van der Waals surface area contributed by atoms with Crippen molar-refractivity contribution in [3.05, 3.63) is 22.7 Å². The number of carbonyl (C=O) groups is 2. The van der Waals surface area contributed by atoms with E-state index in [0.717, 1.165) is 5.56 Å². The molecule has 1 aromatic rings. The van der Waals surface area contributed by atoms with E-state index >= 15 is 0 Å². The number of benzene rings is 1. The van der Waals surface area contributed by atoms with E-state index in [1.165, 1.54) is 0 Å². The Kier molecular flexibility index (Phi) is 5.36. The molecular weight excluding hydrogens is 320 g/mol. The van der Waals surface area contributed by atoms with Gasteiger partial charge in [-0.2, -0.15) is 0 Å². The van der Waals surface area contributed by atoms with Crippen molar-refractivity contribution in [2.45, 2.75) is 27.3 Å². The lowest BCUT2D eigenvalue weighted by Gasteiger charge is -2.20. The van der Waals surface area contributed by atoms with Gasteiger partial charge in [-0.15, -0.1) is 0 Å². The number of hydrogen-bond acceptors (Lipinski definition) is 4. The van der Waals surface area contributed by atoms with Crippen LogP contribution < -0.4 is 20.1 Å². The molecule has 1 aromatic carbocycles. The predicted molar refractivity (Wildman–Crippen MR) is 86.8 cm³/mol. The fourth-order valence-corrected chi connectivity index (χ4v) is 2.24. The van der Waals surface area contributed by atoms with E-state index in [0.29, 0.717) is 36.3 Å². The Bertz CT molecular complexity index is 611. The molecule has 0 bridgehead atoms. The van der Waals surface area contributed by atoms with Crippen molar-refractivity contribution < 1.29 is 19.1 Å². The maximum Gasteiger partial charge on any atom is 0.239 e. The van der Waals surface area contributed by atoms with E-state index in [1.807, 2.05) is 0 Å². The van der Waals surface area contributed by atoms with Crippen LogP contribution in [0.2, 0.25) is 5.02 Å². The van der Waals surface area contributed by atoms with Crippen LogP contribution in [0.4, 0.5) is 0 Å². The molecule has 23 heavy (non-hydrogen) atoms. The maximum absolute atomic E-state index is 11.8. The molecule has 0 radical (unpaired) electrons. The number of halogens is 1. The Hall–Kier alpha value is -1.95. The van der Waals surface area contributed by atoms with Crippen LogP contribution in [0.5, 0.6) is 11.5 Å². The summed E-state index contributed by atoms with van der Waals surface area (Å²) in [6, 6.07) is 3.51. The molecule has 126 valence electrons. The number of fused-ring (bicyclic) bond motifs is 1. The lowest BCUT2D eigenvalue weighted by molar-refractivity contribution is -0.131. The van der Waals surface area contributed by atoms with Gasteiger partial charge in [-0.05, 0) is 17.7 Å². The van der Waals surface area contributed by atoms with E-state index in [9.17, 15) is 9.59 Å². The Balaban J connectivity index is 1.87. The Labute approximate surface area is 140 Å². The highest BCUT2D eigenvalue weighted by molar-refractivity contribution is 6.32. The first-order valence-electron chi connectivity index (χ1n) is 7.40. The first kappa shape index (κ1) is 17.4. The van der Waals surface area contributed by atoms with Gasteiger partial charge in [0.25, 0.3) is 0 Å². The van der Waals surface area contributed by atoms with Gasteiger partial charge in [0, 0.05) is 12.0 Å². The normalized spacial score (nSPS) is 13.4. The largest absolute Gasteiger partial charge is 0.486 e. The van der Waals surface area contributed by atoms with E-state index in [4.69, 9.17) is 21.1 Å². The Morgan fingerprint density at radius 3 is 2.57 bits per heavy atom. The molecule has 2 N–H and O–H groups in total. The molecule has 0 aliphatic carbocycles. The van der Waals surface area contributed by atoms with Crippen molar-refractivity contribution in [2.24, 2.45) is 5.41 Å². The lowest BCUT2D eigenvalue weighted by Crippen LogP contribution is -2.41. The molecule has 0 aromatic heterocycles. The zero-order valence-corrected chi connectivity index (χ0v) is 14.3. The van der Waals surface area contributed by atoms with Crippen molar-refractivity contribution >= 4 is 23.4 Å². The van der Waals surface area contributed by atoms with Crippen molar-refractivity contribution in [3.63, 3.8) is 0 Å². The van der Waals surface area contributed by atoms with Gasteiger partial charge in [-0.25, -0.2) is 0 Å². The minimum atomic E-state index is -0.524. The molecule has 0 spiro atoms. The highest BCUT2D eigenvalue weighted by Gasteiger charge is 2.21. The average molecular weight is 341 g/mol. The van der Waals surface area contributed by atoms with Gasteiger partial charge in [-0.3, -0.25) is 9.59 Å². The third-order valence-corrected chi connectivity index (χ3v) is 3.52. The minimum absolute atomic E-state index is 0.0611. The Morgan fingerprint density at radius 1 is 1.17 bits per heavy atom. The summed E-state index contributed by atoms with van der Waals surface area (Å²) in [4.78, 5) is 23.5. The third kappa shape index (κ3) is 4.76. The van der Waals surface area contributed by atoms with Gasteiger partial charge in [-0.1, -0.05) is 32.4 Å². The summed E-state index contributed by atoms with van der Waals surface area (Å²) in [6.07, 6.45) is 0. The summed E-state index contributed by atoms with van der Waals surface area (Å²) >= 11 is 6.14. The van der Waals surface area contributed by atoms with Crippen molar-refractivity contribution in [3.8, 4) is 11.5 Å². The molecule has 0 saturated heterocycles. The van der Waals surface area contributed by atoms with Gasteiger partial charge in [0.05, 0.1) is 11.6 Å². The van der Waals surface area contributed by atoms with Crippen LogP contribution in [-0.4, -0.2) is 31.6 Å². The summed E-state index contributed by atoms with van der Waals surface area (Å²) in [7, 11) is 0. The van der Waals surface area contributed by atoms with Crippen molar-refractivity contribution in [2.75, 3.05) is 19.8 Å². The molecule has 0 saturated carbocycles. The quantitative estimate of drug-likeness (QED) is 0.877. The SMILES string of the molecule is CC(C)(C)C(=O)NCC(=O)NCc1cc(Cl)c2c(c1)OCCO2. The fraction of sp³-hybridized carbons (Fsp3) is 0.500. The van der Waals surface area contributed by atoms with Gasteiger partial charge < -0.3 is 20.1 Å². The van der Waals surface area contributed by atoms with E-state index < -0.39 is 5.41 Å². The second-order valence-electron chi connectivity index (χ2n) is 6.31. The highest BCUT2D eigenvalue weighted by Crippen LogP contribution is 2.38. The van der Waals surface area contributed by atoms with Crippen LogP contribution in [0.25, 0.3) is 0 Å². The van der Waals surface area contributed by atoms with Crippen molar-refractivity contribution in [1.82, 2.24) is 10.6 Å². The van der Waals surface area contributed by atoms with Gasteiger partial charge in [0.1, 0.15) is 13.2 Å². The summed E-state index contributed by atoms with van der Waals surface area (Å²) < 4.78 is 10.9. The first-order chi connectivity index (χ1) is 10.8. The third-order valence-electron chi connectivity index (χ3n) is 3.24. The van der Waals surface area contributed by atoms with Crippen LogP contribution in [-0.2, 0) is 16.1 Å². The smallest absolute Gasteiger partial charge is 0.239 e. The summed E-state index contributed by atoms with van der Waals surface area (Å²) in [5.74, 6) is 0.670. The van der Waals surface area contributed by atoms with Crippen LogP contribution >= 0.6 is 11.6 Å². The van der Waals surface area contributed by atoms with E-state index in [-0.39, 0.29) is 18.4 Å². The number of hydrogen-bond donors (Lipinski definition) is 2. The lowest BCUT2D eigenvalue weighted by atomic mass is 9.96. The molecule has 2 rings (SSSR count). The van der Waals surface area contributed by atoms with E-state index in [2.05, 4.69) is 10.6 Å².